The molecule has 0 bridgehead atoms. The number of H-pyrrole nitrogens is 1. The molecule has 8 heteroatoms. The zero-order chi connectivity index (χ0) is 18.1. The fourth-order valence-electron chi connectivity index (χ4n) is 4.11. The van der Waals surface area contributed by atoms with Crippen LogP contribution in [0.2, 0.25) is 0 Å². The first-order valence-electron chi connectivity index (χ1n) is 8.85. The smallest absolute Gasteiger partial charge is 0.322 e. The molecule has 4 rings (SSSR count). The van der Waals surface area contributed by atoms with Crippen LogP contribution in [-0.4, -0.2) is 44.9 Å². The third-order valence-corrected chi connectivity index (χ3v) is 5.36. The van der Waals surface area contributed by atoms with Crippen LogP contribution in [0.25, 0.3) is 0 Å². The number of likely N-dealkylation sites (tertiary alicyclic amines) is 1. The van der Waals surface area contributed by atoms with Crippen LogP contribution in [0.3, 0.4) is 0 Å². The van der Waals surface area contributed by atoms with Crippen LogP contribution < -0.4 is 10.6 Å². The summed E-state index contributed by atoms with van der Waals surface area (Å²) in [5, 5.41) is 5.31. The molecule has 2 aromatic heterocycles. The van der Waals surface area contributed by atoms with E-state index in [4.69, 9.17) is 0 Å². The molecule has 0 aliphatic carbocycles. The van der Waals surface area contributed by atoms with E-state index in [9.17, 15) is 9.59 Å². The molecule has 26 heavy (non-hydrogen) atoms. The maximum Gasteiger partial charge on any atom is 0.322 e. The molecule has 2 fully saturated rings. The first-order valence-corrected chi connectivity index (χ1v) is 8.85. The summed E-state index contributed by atoms with van der Waals surface area (Å²) in [6, 6.07) is 3.22. The van der Waals surface area contributed by atoms with Crippen molar-refractivity contribution in [3.8, 4) is 0 Å². The van der Waals surface area contributed by atoms with Gasteiger partial charge in [0.1, 0.15) is 5.82 Å². The van der Waals surface area contributed by atoms with E-state index >= 15 is 0 Å². The summed E-state index contributed by atoms with van der Waals surface area (Å²) in [6.07, 6.45) is 6.83. The molecule has 0 radical (unpaired) electrons. The second-order valence-electron chi connectivity index (χ2n) is 7.00. The number of piperidine rings is 1. The monoisotopic (exact) mass is 354 g/mol. The Hall–Kier alpha value is -2.74. The second-order valence-corrected chi connectivity index (χ2v) is 7.00. The van der Waals surface area contributed by atoms with Gasteiger partial charge in [0.05, 0.1) is 0 Å². The molecule has 0 aromatic carbocycles. The number of aryl methyl sites for hydroxylation is 1. The van der Waals surface area contributed by atoms with E-state index in [1.165, 1.54) is 0 Å². The van der Waals surface area contributed by atoms with Crippen LogP contribution in [-0.2, 0) is 16.9 Å². The minimum Gasteiger partial charge on any atom is -0.345 e. The molecule has 4 heterocycles. The number of urea groups is 1. The van der Waals surface area contributed by atoms with Gasteiger partial charge in [-0.1, -0.05) is 6.07 Å². The SMILES string of the molecule is Cc1ncc(CN2CCC([C@@]3(c4cccnc4)NC(=O)NC3=O)CC2)[nH]1. The highest BCUT2D eigenvalue weighted by Crippen LogP contribution is 2.38. The number of carbonyl (C=O) groups excluding carboxylic acids is 2. The minimum absolute atomic E-state index is 0.0258. The van der Waals surface area contributed by atoms with Gasteiger partial charge >= 0.3 is 6.03 Å². The van der Waals surface area contributed by atoms with Crippen LogP contribution in [0, 0.1) is 12.8 Å². The molecule has 3 amide bonds. The van der Waals surface area contributed by atoms with Gasteiger partial charge in [-0.15, -0.1) is 0 Å². The number of aromatic amines is 1. The van der Waals surface area contributed by atoms with E-state index in [0.717, 1.165) is 49.6 Å². The number of imidazole rings is 1. The number of imide groups is 1. The fourth-order valence-corrected chi connectivity index (χ4v) is 4.11. The fraction of sp³-hybridized carbons (Fsp3) is 0.444. The van der Waals surface area contributed by atoms with Crippen molar-refractivity contribution >= 4 is 11.9 Å². The Balaban J connectivity index is 1.52. The van der Waals surface area contributed by atoms with Gasteiger partial charge in [-0.25, -0.2) is 9.78 Å². The first kappa shape index (κ1) is 16.7. The van der Waals surface area contributed by atoms with Gasteiger partial charge in [-0.2, -0.15) is 0 Å². The van der Waals surface area contributed by atoms with Gasteiger partial charge in [0.15, 0.2) is 5.54 Å². The van der Waals surface area contributed by atoms with E-state index in [0.29, 0.717) is 0 Å². The average Bonchev–Trinajstić information content (AvgIpc) is 3.19. The Morgan fingerprint density at radius 1 is 1.27 bits per heavy atom. The lowest BCUT2D eigenvalue weighted by Crippen LogP contribution is -2.53. The number of amides is 3. The highest BCUT2D eigenvalue weighted by atomic mass is 16.2. The minimum atomic E-state index is -1.03. The van der Waals surface area contributed by atoms with Crippen LogP contribution in [0.4, 0.5) is 4.79 Å². The van der Waals surface area contributed by atoms with E-state index in [1.54, 1.807) is 18.5 Å². The zero-order valence-corrected chi connectivity index (χ0v) is 14.7. The van der Waals surface area contributed by atoms with E-state index in [2.05, 4.69) is 30.5 Å². The molecule has 2 aliphatic rings. The Morgan fingerprint density at radius 2 is 2.08 bits per heavy atom. The molecule has 136 valence electrons. The summed E-state index contributed by atoms with van der Waals surface area (Å²) >= 11 is 0. The lowest BCUT2D eigenvalue weighted by Gasteiger charge is -2.40. The number of nitrogens with zero attached hydrogens (tertiary/aromatic N) is 3. The summed E-state index contributed by atoms with van der Waals surface area (Å²) in [5.74, 6) is 0.659. The summed E-state index contributed by atoms with van der Waals surface area (Å²) in [4.78, 5) is 38.6. The second kappa shape index (κ2) is 6.53. The standard InChI is InChI=1S/C18H22N6O2/c1-12-20-10-15(21-12)11-24-7-4-13(5-8-24)18(14-3-2-6-19-9-14)16(25)22-17(26)23-18/h2-3,6,9-10,13H,4-5,7-8,11H2,1H3,(H,20,21)(H2,22,23,25,26)/t18-/m0/s1. The van der Waals surface area contributed by atoms with Crippen molar-refractivity contribution in [2.75, 3.05) is 13.1 Å². The number of aromatic nitrogens is 3. The summed E-state index contributed by atoms with van der Waals surface area (Å²) in [6.45, 7) is 4.46. The predicted molar refractivity (Wildman–Crippen MR) is 93.9 cm³/mol. The summed E-state index contributed by atoms with van der Waals surface area (Å²) in [5.41, 5.74) is 0.808. The number of nitrogens with one attached hydrogen (secondary N) is 3. The van der Waals surface area contributed by atoms with Gasteiger partial charge < -0.3 is 10.3 Å². The van der Waals surface area contributed by atoms with Crippen molar-refractivity contribution in [3.63, 3.8) is 0 Å². The Morgan fingerprint density at radius 3 is 2.65 bits per heavy atom. The highest BCUT2D eigenvalue weighted by molar-refractivity contribution is 6.07. The van der Waals surface area contributed by atoms with Gasteiger partial charge in [0.2, 0.25) is 0 Å². The molecular formula is C18H22N6O2. The Kier molecular flexibility index (Phi) is 4.20. The van der Waals surface area contributed by atoms with Crippen molar-refractivity contribution in [1.29, 1.82) is 0 Å². The van der Waals surface area contributed by atoms with Crippen molar-refractivity contribution < 1.29 is 9.59 Å². The quantitative estimate of drug-likeness (QED) is 0.713. The van der Waals surface area contributed by atoms with Gasteiger partial charge in [-0.3, -0.25) is 20.0 Å². The molecular weight excluding hydrogens is 332 g/mol. The van der Waals surface area contributed by atoms with Crippen LogP contribution >= 0.6 is 0 Å². The van der Waals surface area contributed by atoms with Crippen molar-refractivity contribution in [2.45, 2.75) is 31.8 Å². The molecule has 2 saturated heterocycles. The average molecular weight is 354 g/mol. The van der Waals surface area contributed by atoms with Crippen molar-refractivity contribution in [1.82, 2.24) is 30.5 Å². The van der Waals surface area contributed by atoms with E-state index in [-0.39, 0.29) is 11.8 Å². The zero-order valence-electron chi connectivity index (χ0n) is 14.7. The third-order valence-electron chi connectivity index (χ3n) is 5.36. The molecule has 0 saturated carbocycles. The molecule has 2 aromatic rings. The van der Waals surface area contributed by atoms with Crippen molar-refractivity contribution in [2.24, 2.45) is 5.92 Å². The number of hydrogen-bond acceptors (Lipinski definition) is 5. The maximum atomic E-state index is 12.7. The molecule has 8 nitrogen and oxygen atoms in total. The molecule has 0 spiro atoms. The number of carbonyl (C=O) groups is 2. The lowest BCUT2D eigenvalue weighted by molar-refractivity contribution is -0.127. The van der Waals surface area contributed by atoms with Gasteiger partial charge in [0, 0.05) is 36.4 Å². The highest BCUT2D eigenvalue weighted by Gasteiger charge is 2.53. The number of rotatable bonds is 4. The van der Waals surface area contributed by atoms with Crippen LogP contribution in [0.15, 0.2) is 30.7 Å². The molecule has 0 unspecified atom stereocenters. The Bertz CT molecular complexity index is 812. The number of pyridine rings is 1. The van der Waals surface area contributed by atoms with E-state index < -0.39 is 11.6 Å². The summed E-state index contributed by atoms with van der Waals surface area (Å²) in [7, 11) is 0. The lowest BCUT2D eigenvalue weighted by atomic mass is 9.73. The van der Waals surface area contributed by atoms with Gasteiger partial charge in [0.25, 0.3) is 5.91 Å². The largest absolute Gasteiger partial charge is 0.345 e. The molecule has 2 aliphatic heterocycles. The number of hydrogen-bond donors (Lipinski definition) is 3. The normalized spacial score (nSPS) is 24.5. The Labute approximate surface area is 151 Å². The summed E-state index contributed by atoms with van der Waals surface area (Å²) < 4.78 is 0. The molecule has 3 N–H and O–H groups in total. The van der Waals surface area contributed by atoms with Crippen molar-refractivity contribution in [3.05, 3.63) is 47.8 Å². The topological polar surface area (TPSA) is 103 Å². The van der Waals surface area contributed by atoms with Crippen LogP contribution in [0.5, 0.6) is 0 Å². The third kappa shape index (κ3) is 2.86. The molecule has 1 atom stereocenters. The predicted octanol–water partition coefficient (Wildman–Crippen LogP) is 1.06. The maximum absolute atomic E-state index is 12.7. The van der Waals surface area contributed by atoms with Gasteiger partial charge in [-0.05, 0) is 44.8 Å². The first-order chi connectivity index (χ1) is 12.6. The van der Waals surface area contributed by atoms with Crippen LogP contribution in [0.1, 0.15) is 29.9 Å². The van der Waals surface area contributed by atoms with E-state index in [1.807, 2.05) is 19.2 Å².